The van der Waals surface area contributed by atoms with E-state index in [-0.39, 0.29) is 30.2 Å². The van der Waals surface area contributed by atoms with Crippen LogP contribution in [0.1, 0.15) is 6.42 Å². The molecule has 1 aliphatic heterocycles. The number of carboxylic acids is 1. The molecule has 0 radical (unpaired) electrons. The topological polar surface area (TPSA) is 83.9 Å². The number of aliphatic carboxylic acids is 1. The van der Waals surface area contributed by atoms with Gasteiger partial charge in [0.1, 0.15) is 0 Å². The van der Waals surface area contributed by atoms with Crippen molar-refractivity contribution in [2.75, 3.05) is 20.2 Å². The van der Waals surface area contributed by atoms with Crippen LogP contribution in [0.15, 0.2) is 23.1 Å². The maximum Gasteiger partial charge on any atom is 0.307 e. The molecule has 0 spiro atoms. The van der Waals surface area contributed by atoms with E-state index in [0.29, 0.717) is 0 Å². The highest BCUT2D eigenvalue weighted by molar-refractivity contribution is 7.89. The van der Waals surface area contributed by atoms with Crippen LogP contribution in [0.2, 0.25) is 0 Å². The van der Waals surface area contributed by atoms with Gasteiger partial charge in [0.2, 0.25) is 10.0 Å². The fraction of sp³-hybridized carbons (Fsp3) is 0.417. The average molecular weight is 303 g/mol. The molecule has 1 atom stereocenters. The molecule has 8 heteroatoms. The summed E-state index contributed by atoms with van der Waals surface area (Å²) in [5.41, 5.74) is 0. The minimum atomic E-state index is -3.83. The number of halogens is 1. The van der Waals surface area contributed by atoms with Gasteiger partial charge in [0.15, 0.2) is 11.6 Å². The third-order valence-corrected chi connectivity index (χ3v) is 5.12. The molecule has 110 valence electrons. The molecule has 6 nitrogen and oxygen atoms in total. The highest BCUT2D eigenvalue weighted by Gasteiger charge is 2.36. The van der Waals surface area contributed by atoms with E-state index in [2.05, 4.69) is 0 Å². The zero-order valence-electron chi connectivity index (χ0n) is 10.7. The number of hydrogen-bond acceptors (Lipinski definition) is 4. The lowest BCUT2D eigenvalue weighted by Gasteiger charge is -2.16. The number of sulfonamides is 1. The first-order chi connectivity index (χ1) is 9.36. The Morgan fingerprint density at radius 2 is 2.20 bits per heavy atom. The maximum absolute atomic E-state index is 13.3. The average Bonchev–Trinajstić information content (AvgIpc) is 2.89. The van der Waals surface area contributed by atoms with Gasteiger partial charge in [-0.2, -0.15) is 4.31 Å². The van der Waals surface area contributed by atoms with E-state index in [0.717, 1.165) is 22.5 Å². The van der Waals surface area contributed by atoms with Crippen LogP contribution in [0.25, 0.3) is 0 Å². The van der Waals surface area contributed by atoms with E-state index in [1.807, 2.05) is 0 Å². The molecule has 1 fully saturated rings. The molecule has 1 N–H and O–H groups in total. The summed E-state index contributed by atoms with van der Waals surface area (Å²) in [6.07, 6.45) is 0.271. The van der Waals surface area contributed by atoms with Crippen LogP contribution in [0.4, 0.5) is 4.39 Å². The SMILES string of the molecule is COc1cc(S(=O)(=O)N2CCC(C(=O)O)C2)ccc1F. The second-order valence-electron chi connectivity index (χ2n) is 4.48. The molecule has 1 aliphatic rings. The quantitative estimate of drug-likeness (QED) is 0.894. The molecule has 0 amide bonds. The summed E-state index contributed by atoms with van der Waals surface area (Å²) >= 11 is 0. The van der Waals surface area contributed by atoms with Crippen LogP contribution in [0, 0.1) is 11.7 Å². The van der Waals surface area contributed by atoms with Crippen molar-refractivity contribution in [3.05, 3.63) is 24.0 Å². The molecule has 1 heterocycles. The number of rotatable bonds is 4. The molecule has 2 rings (SSSR count). The van der Waals surface area contributed by atoms with Gasteiger partial charge in [-0.15, -0.1) is 0 Å². The highest BCUT2D eigenvalue weighted by atomic mass is 32.2. The monoisotopic (exact) mass is 303 g/mol. The van der Waals surface area contributed by atoms with Crippen LogP contribution in [0.3, 0.4) is 0 Å². The van der Waals surface area contributed by atoms with E-state index in [9.17, 15) is 17.6 Å². The molecule has 1 unspecified atom stereocenters. The van der Waals surface area contributed by atoms with Gasteiger partial charge < -0.3 is 9.84 Å². The summed E-state index contributed by atoms with van der Waals surface area (Å²) in [5.74, 6) is -2.54. The molecule has 20 heavy (non-hydrogen) atoms. The largest absolute Gasteiger partial charge is 0.494 e. The van der Waals surface area contributed by atoms with Crippen LogP contribution < -0.4 is 4.74 Å². The standard InChI is InChI=1S/C12H14FNO5S/c1-19-11-6-9(2-3-10(11)13)20(17,18)14-5-4-8(7-14)12(15)16/h2-3,6,8H,4-5,7H2,1H3,(H,15,16). The first-order valence-corrected chi connectivity index (χ1v) is 7.36. The van der Waals surface area contributed by atoms with Gasteiger partial charge in [-0.05, 0) is 18.6 Å². The van der Waals surface area contributed by atoms with Crippen molar-refractivity contribution < 1.29 is 27.4 Å². The smallest absolute Gasteiger partial charge is 0.307 e. The number of nitrogens with zero attached hydrogens (tertiary/aromatic N) is 1. The van der Waals surface area contributed by atoms with Crippen molar-refractivity contribution in [2.24, 2.45) is 5.92 Å². The predicted octanol–water partition coefficient (Wildman–Crippen LogP) is 0.929. The van der Waals surface area contributed by atoms with Crippen molar-refractivity contribution in [3.8, 4) is 5.75 Å². The van der Waals surface area contributed by atoms with E-state index >= 15 is 0 Å². The Kier molecular flexibility index (Phi) is 3.96. The molecule has 0 aromatic heterocycles. The van der Waals surface area contributed by atoms with Gasteiger partial charge in [-0.1, -0.05) is 0 Å². The number of methoxy groups -OCH3 is 1. The van der Waals surface area contributed by atoms with Crippen molar-refractivity contribution in [3.63, 3.8) is 0 Å². The normalized spacial score (nSPS) is 20.0. The van der Waals surface area contributed by atoms with E-state index in [4.69, 9.17) is 9.84 Å². The van der Waals surface area contributed by atoms with E-state index < -0.39 is 27.7 Å². The summed E-state index contributed by atoms with van der Waals surface area (Å²) in [7, 11) is -2.59. The minimum absolute atomic E-state index is 0.0721. The molecule has 0 bridgehead atoms. The van der Waals surface area contributed by atoms with Gasteiger partial charge in [0.05, 0.1) is 17.9 Å². The lowest BCUT2D eigenvalue weighted by Crippen LogP contribution is -2.30. The predicted molar refractivity (Wildman–Crippen MR) is 67.5 cm³/mol. The second-order valence-corrected chi connectivity index (χ2v) is 6.42. The van der Waals surface area contributed by atoms with E-state index in [1.54, 1.807) is 0 Å². The highest BCUT2D eigenvalue weighted by Crippen LogP contribution is 2.27. The van der Waals surface area contributed by atoms with Gasteiger partial charge in [-0.25, -0.2) is 12.8 Å². The van der Waals surface area contributed by atoms with Crippen molar-refractivity contribution in [1.29, 1.82) is 0 Å². The Hall–Kier alpha value is -1.67. The van der Waals surface area contributed by atoms with Crippen molar-refractivity contribution >= 4 is 16.0 Å². The van der Waals surface area contributed by atoms with Crippen molar-refractivity contribution in [2.45, 2.75) is 11.3 Å². The van der Waals surface area contributed by atoms with E-state index in [1.165, 1.54) is 7.11 Å². The fourth-order valence-corrected chi connectivity index (χ4v) is 3.61. The Morgan fingerprint density at radius 1 is 1.50 bits per heavy atom. The third-order valence-electron chi connectivity index (χ3n) is 3.26. The second kappa shape index (κ2) is 5.37. The molecule has 1 aromatic carbocycles. The van der Waals surface area contributed by atoms with Crippen LogP contribution >= 0.6 is 0 Å². The molecule has 0 aliphatic carbocycles. The Bertz CT molecular complexity index is 631. The lowest BCUT2D eigenvalue weighted by atomic mass is 10.1. The Morgan fingerprint density at radius 3 is 2.75 bits per heavy atom. The first-order valence-electron chi connectivity index (χ1n) is 5.92. The summed E-state index contributed by atoms with van der Waals surface area (Å²) in [6.45, 7) is 0.0658. The zero-order chi connectivity index (χ0) is 14.9. The van der Waals surface area contributed by atoms with Gasteiger partial charge in [-0.3, -0.25) is 4.79 Å². The van der Waals surface area contributed by atoms with Gasteiger partial charge >= 0.3 is 5.97 Å². The maximum atomic E-state index is 13.3. The number of carbonyl (C=O) groups is 1. The first kappa shape index (κ1) is 14.7. The van der Waals surface area contributed by atoms with Gasteiger partial charge in [0.25, 0.3) is 0 Å². The number of carboxylic acid groups (broad SMARTS) is 1. The minimum Gasteiger partial charge on any atom is -0.494 e. The molecular weight excluding hydrogens is 289 g/mol. The fourth-order valence-electron chi connectivity index (χ4n) is 2.10. The molecular formula is C12H14FNO5S. The van der Waals surface area contributed by atoms with Crippen molar-refractivity contribution in [1.82, 2.24) is 4.31 Å². The summed E-state index contributed by atoms with van der Waals surface area (Å²) in [4.78, 5) is 10.8. The van der Waals surface area contributed by atoms with Gasteiger partial charge in [0, 0.05) is 19.2 Å². The number of benzene rings is 1. The summed E-state index contributed by atoms with van der Waals surface area (Å²) in [6, 6.07) is 3.25. The Labute approximate surface area is 115 Å². The molecule has 1 saturated heterocycles. The summed E-state index contributed by atoms with van der Waals surface area (Å²) < 4.78 is 43.8. The van der Waals surface area contributed by atoms with Crippen LogP contribution in [-0.4, -0.2) is 44.0 Å². The third kappa shape index (κ3) is 2.61. The zero-order valence-corrected chi connectivity index (χ0v) is 11.6. The number of hydrogen-bond donors (Lipinski definition) is 1. The number of ether oxygens (including phenoxy) is 1. The lowest BCUT2D eigenvalue weighted by molar-refractivity contribution is -0.141. The van der Waals surface area contributed by atoms with Crippen LogP contribution in [0.5, 0.6) is 5.75 Å². The summed E-state index contributed by atoms with van der Waals surface area (Å²) in [5, 5.41) is 8.89. The molecule has 1 aromatic rings. The van der Waals surface area contributed by atoms with Crippen LogP contribution in [-0.2, 0) is 14.8 Å². The molecule has 0 saturated carbocycles. The Balaban J connectivity index is 2.30.